The van der Waals surface area contributed by atoms with Crippen LogP contribution in [0.3, 0.4) is 0 Å². The van der Waals surface area contributed by atoms with Gasteiger partial charge in [-0.15, -0.1) is 0 Å². The Balaban J connectivity index is 2.22. The fourth-order valence-corrected chi connectivity index (χ4v) is 2.04. The molecule has 0 spiro atoms. The first-order valence-electron chi connectivity index (χ1n) is 6.93. The van der Waals surface area contributed by atoms with Crippen molar-refractivity contribution in [2.45, 2.75) is 33.2 Å². The minimum atomic E-state index is -0.159. The maximum absolute atomic E-state index is 11.9. The number of hydrogen-bond donors (Lipinski definition) is 1. The van der Waals surface area contributed by atoms with Gasteiger partial charge in [0.15, 0.2) is 11.3 Å². The van der Waals surface area contributed by atoms with Crippen molar-refractivity contribution in [3.05, 3.63) is 30.0 Å². The van der Waals surface area contributed by atoms with Crippen LogP contribution < -0.4 is 10.1 Å². The molecule has 0 saturated carbocycles. The minimum absolute atomic E-state index is 0.0105. The van der Waals surface area contributed by atoms with Crippen molar-refractivity contribution in [1.29, 1.82) is 0 Å². The molecule has 0 bridgehead atoms. The van der Waals surface area contributed by atoms with Crippen LogP contribution in [0.2, 0.25) is 0 Å². The molecule has 1 heterocycles. The lowest BCUT2D eigenvalue weighted by Gasteiger charge is -2.14. The van der Waals surface area contributed by atoms with Crippen molar-refractivity contribution < 1.29 is 13.9 Å². The number of fused-ring (bicyclic) bond motifs is 1. The number of carbonyl (C=O) groups is 1. The van der Waals surface area contributed by atoms with Crippen LogP contribution in [0, 0.1) is 5.92 Å². The third kappa shape index (κ3) is 2.79. The lowest BCUT2D eigenvalue weighted by molar-refractivity contribution is -0.125. The molecule has 2 atom stereocenters. The van der Waals surface area contributed by atoms with Crippen LogP contribution in [-0.4, -0.2) is 13.0 Å². The molecule has 1 N–H and O–H groups in total. The van der Waals surface area contributed by atoms with Crippen molar-refractivity contribution in [3.63, 3.8) is 0 Å². The second kappa shape index (κ2) is 5.99. The van der Waals surface area contributed by atoms with Gasteiger partial charge in [0.25, 0.3) is 0 Å². The fourth-order valence-electron chi connectivity index (χ4n) is 2.04. The van der Waals surface area contributed by atoms with Gasteiger partial charge < -0.3 is 14.5 Å². The van der Waals surface area contributed by atoms with Gasteiger partial charge in [0.2, 0.25) is 5.91 Å². The maximum atomic E-state index is 11.9. The summed E-state index contributed by atoms with van der Waals surface area (Å²) < 4.78 is 11.1. The van der Waals surface area contributed by atoms with Gasteiger partial charge in [0.1, 0.15) is 5.76 Å². The highest BCUT2D eigenvalue weighted by molar-refractivity contribution is 5.84. The molecule has 2 aromatic rings. The first kappa shape index (κ1) is 14.4. The zero-order valence-electron chi connectivity index (χ0n) is 12.4. The summed E-state index contributed by atoms with van der Waals surface area (Å²) in [5.41, 5.74) is 0.717. The van der Waals surface area contributed by atoms with Gasteiger partial charge in [0.05, 0.1) is 13.2 Å². The van der Waals surface area contributed by atoms with Crippen LogP contribution in [0.15, 0.2) is 28.7 Å². The summed E-state index contributed by atoms with van der Waals surface area (Å²) in [5, 5.41) is 3.95. The summed E-state index contributed by atoms with van der Waals surface area (Å²) >= 11 is 0. The second-order valence-electron chi connectivity index (χ2n) is 5.07. The van der Waals surface area contributed by atoms with E-state index in [1.54, 1.807) is 7.11 Å². The molecule has 0 aliphatic carbocycles. The van der Waals surface area contributed by atoms with E-state index in [0.717, 1.165) is 23.2 Å². The van der Waals surface area contributed by atoms with Crippen LogP contribution in [0.4, 0.5) is 0 Å². The summed E-state index contributed by atoms with van der Waals surface area (Å²) in [6.07, 6.45) is 0.826. The number of ether oxygens (including phenoxy) is 1. The van der Waals surface area contributed by atoms with Crippen LogP contribution in [0.1, 0.15) is 39.0 Å². The molecule has 0 aliphatic heterocycles. The van der Waals surface area contributed by atoms with Crippen LogP contribution in [-0.2, 0) is 4.79 Å². The summed E-state index contributed by atoms with van der Waals surface area (Å²) in [4.78, 5) is 11.9. The Morgan fingerprint density at radius 1 is 1.40 bits per heavy atom. The highest BCUT2D eigenvalue weighted by Crippen LogP contribution is 2.30. The minimum Gasteiger partial charge on any atom is -0.493 e. The van der Waals surface area contributed by atoms with E-state index in [0.29, 0.717) is 5.75 Å². The molecule has 4 nitrogen and oxygen atoms in total. The number of methoxy groups -OCH3 is 1. The first-order valence-corrected chi connectivity index (χ1v) is 6.93. The predicted molar refractivity (Wildman–Crippen MR) is 78.8 cm³/mol. The monoisotopic (exact) mass is 275 g/mol. The molecule has 108 valence electrons. The molecule has 1 amide bonds. The molecular formula is C16H21NO3. The largest absolute Gasteiger partial charge is 0.493 e. The summed E-state index contributed by atoms with van der Waals surface area (Å²) in [6, 6.07) is 7.53. The van der Waals surface area contributed by atoms with E-state index in [1.807, 2.05) is 45.0 Å². The quantitative estimate of drug-likeness (QED) is 0.906. The van der Waals surface area contributed by atoms with Gasteiger partial charge in [-0.2, -0.15) is 0 Å². The van der Waals surface area contributed by atoms with Gasteiger partial charge in [-0.05, 0) is 25.5 Å². The molecular weight excluding hydrogens is 254 g/mol. The Morgan fingerprint density at radius 3 is 2.80 bits per heavy atom. The Labute approximate surface area is 119 Å². The van der Waals surface area contributed by atoms with Gasteiger partial charge in [0, 0.05) is 11.3 Å². The zero-order chi connectivity index (χ0) is 14.7. The molecule has 2 rings (SSSR count). The average Bonchev–Trinajstić information content (AvgIpc) is 2.90. The number of carbonyl (C=O) groups excluding carboxylic acids is 1. The molecule has 0 unspecified atom stereocenters. The molecule has 0 radical (unpaired) electrons. The summed E-state index contributed by atoms with van der Waals surface area (Å²) in [5.74, 6) is 1.50. The maximum Gasteiger partial charge on any atom is 0.223 e. The molecule has 1 aromatic carbocycles. The van der Waals surface area contributed by atoms with Crippen molar-refractivity contribution in [2.24, 2.45) is 5.92 Å². The zero-order valence-corrected chi connectivity index (χ0v) is 12.4. The lowest BCUT2D eigenvalue weighted by Crippen LogP contribution is -2.31. The van der Waals surface area contributed by atoms with Gasteiger partial charge in [-0.25, -0.2) is 0 Å². The van der Waals surface area contributed by atoms with Gasteiger partial charge in [-0.3, -0.25) is 4.79 Å². The number of benzene rings is 1. The van der Waals surface area contributed by atoms with Crippen molar-refractivity contribution in [1.82, 2.24) is 5.32 Å². The normalized spacial score (nSPS) is 14.0. The second-order valence-corrected chi connectivity index (χ2v) is 5.07. The molecule has 0 fully saturated rings. The van der Waals surface area contributed by atoms with E-state index in [1.165, 1.54) is 0 Å². The van der Waals surface area contributed by atoms with Crippen molar-refractivity contribution >= 4 is 16.9 Å². The highest BCUT2D eigenvalue weighted by Gasteiger charge is 2.18. The van der Waals surface area contributed by atoms with Gasteiger partial charge >= 0.3 is 0 Å². The topological polar surface area (TPSA) is 51.5 Å². The molecule has 20 heavy (non-hydrogen) atoms. The third-order valence-electron chi connectivity index (χ3n) is 3.59. The number of rotatable bonds is 5. The Kier molecular flexibility index (Phi) is 4.32. The Morgan fingerprint density at radius 2 is 2.15 bits per heavy atom. The summed E-state index contributed by atoms with van der Waals surface area (Å²) in [6.45, 7) is 5.84. The molecule has 0 saturated heterocycles. The smallest absolute Gasteiger partial charge is 0.223 e. The molecule has 1 aromatic heterocycles. The Hall–Kier alpha value is -1.97. The van der Waals surface area contributed by atoms with Crippen LogP contribution in [0.5, 0.6) is 5.75 Å². The molecule has 4 heteroatoms. The highest BCUT2D eigenvalue weighted by atomic mass is 16.5. The molecule has 0 aliphatic rings. The number of hydrogen-bond acceptors (Lipinski definition) is 3. The van der Waals surface area contributed by atoms with Crippen LogP contribution in [0.25, 0.3) is 11.0 Å². The predicted octanol–water partition coefficient (Wildman–Crippen LogP) is 3.66. The number of furan rings is 1. The van der Waals surface area contributed by atoms with Crippen LogP contribution >= 0.6 is 0 Å². The van der Waals surface area contributed by atoms with Crippen molar-refractivity contribution in [3.8, 4) is 5.75 Å². The number of para-hydroxylation sites is 1. The van der Waals surface area contributed by atoms with E-state index >= 15 is 0 Å². The van der Waals surface area contributed by atoms with Crippen molar-refractivity contribution in [2.75, 3.05) is 7.11 Å². The number of amides is 1. The average molecular weight is 275 g/mol. The van der Waals surface area contributed by atoms with E-state index in [4.69, 9.17) is 9.15 Å². The fraction of sp³-hybridized carbons (Fsp3) is 0.438. The standard InChI is InChI=1S/C16H21NO3/c1-5-10(2)16(18)17-11(3)14-9-12-7-6-8-13(19-4)15(12)20-14/h6-11H,5H2,1-4H3,(H,17,18)/t10-,11-/m1/s1. The van der Waals surface area contributed by atoms with E-state index in [-0.39, 0.29) is 17.9 Å². The summed E-state index contributed by atoms with van der Waals surface area (Å²) in [7, 11) is 1.62. The lowest BCUT2D eigenvalue weighted by atomic mass is 10.1. The van der Waals surface area contributed by atoms with Gasteiger partial charge in [-0.1, -0.05) is 26.0 Å². The SMILES string of the molecule is CC[C@@H](C)C(=O)N[C@H](C)c1cc2cccc(OC)c2o1. The third-order valence-corrected chi connectivity index (χ3v) is 3.59. The first-order chi connectivity index (χ1) is 9.56. The van der Waals surface area contributed by atoms with E-state index in [2.05, 4.69) is 5.32 Å². The van der Waals surface area contributed by atoms with E-state index < -0.39 is 0 Å². The number of nitrogens with one attached hydrogen (secondary N) is 1. The Bertz CT molecular complexity index is 603. The van der Waals surface area contributed by atoms with E-state index in [9.17, 15) is 4.79 Å².